The fourth-order valence-corrected chi connectivity index (χ4v) is 2.04. The Morgan fingerprint density at radius 1 is 1.05 bits per heavy atom. The molecule has 0 aliphatic heterocycles. The third-order valence-electron chi connectivity index (χ3n) is 3.01. The van der Waals surface area contributed by atoms with Crippen molar-refractivity contribution in [2.75, 3.05) is 0 Å². The summed E-state index contributed by atoms with van der Waals surface area (Å²) in [4.78, 5) is 36.9. The Kier molecular flexibility index (Phi) is 4.40. The second-order valence-corrected chi connectivity index (χ2v) is 4.66. The molecule has 0 radical (unpaired) electrons. The lowest BCUT2D eigenvalue weighted by molar-refractivity contribution is 0.386. The molecule has 8 heteroatoms. The van der Waals surface area contributed by atoms with Crippen molar-refractivity contribution in [1.82, 2.24) is 18.9 Å². The van der Waals surface area contributed by atoms with E-state index in [0.29, 0.717) is 11.5 Å². The highest BCUT2D eigenvalue weighted by molar-refractivity contribution is 5.04. The molecule has 0 N–H and O–H groups in total. The Balaban J connectivity index is 2.68. The number of aryl methyl sites for hydroxylation is 1. The molecule has 0 amide bonds. The SMILES string of the molecule is C=CCn1c(=O)n(CC=C)c(=O)n(Cc2cc(C)on2)c1=O. The lowest BCUT2D eigenvalue weighted by atomic mass is 10.4. The summed E-state index contributed by atoms with van der Waals surface area (Å²) in [7, 11) is 0. The Hall–Kier alpha value is -2.90. The van der Waals surface area contributed by atoms with Gasteiger partial charge in [-0.1, -0.05) is 17.3 Å². The van der Waals surface area contributed by atoms with Gasteiger partial charge in [-0.15, -0.1) is 13.2 Å². The minimum absolute atomic E-state index is 0.00688. The van der Waals surface area contributed by atoms with Gasteiger partial charge in [0.25, 0.3) is 0 Å². The average Bonchev–Trinajstić information content (AvgIpc) is 2.90. The van der Waals surface area contributed by atoms with Gasteiger partial charge in [0, 0.05) is 6.07 Å². The Labute approximate surface area is 125 Å². The van der Waals surface area contributed by atoms with Gasteiger partial charge in [0.1, 0.15) is 11.5 Å². The molecule has 0 saturated carbocycles. The minimum atomic E-state index is -0.712. The van der Waals surface area contributed by atoms with Gasteiger partial charge in [-0.2, -0.15) is 0 Å². The van der Waals surface area contributed by atoms with Gasteiger partial charge in [0.2, 0.25) is 0 Å². The molecular weight excluding hydrogens is 288 g/mol. The van der Waals surface area contributed by atoms with E-state index in [-0.39, 0.29) is 19.6 Å². The van der Waals surface area contributed by atoms with Crippen molar-refractivity contribution in [3.05, 3.63) is 74.3 Å². The van der Waals surface area contributed by atoms with Gasteiger partial charge in [-0.3, -0.25) is 0 Å². The van der Waals surface area contributed by atoms with Crippen molar-refractivity contribution in [2.45, 2.75) is 26.6 Å². The van der Waals surface area contributed by atoms with Crippen LogP contribution in [0.3, 0.4) is 0 Å². The van der Waals surface area contributed by atoms with Crippen LogP contribution < -0.4 is 17.1 Å². The average molecular weight is 304 g/mol. The van der Waals surface area contributed by atoms with Crippen LogP contribution in [0.15, 0.2) is 50.3 Å². The molecule has 2 rings (SSSR count). The summed E-state index contributed by atoms with van der Waals surface area (Å²) in [5, 5.41) is 3.76. The van der Waals surface area contributed by atoms with Crippen LogP contribution in [-0.4, -0.2) is 18.9 Å². The van der Waals surface area contributed by atoms with Crippen LogP contribution in [-0.2, 0) is 19.6 Å². The third-order valence-corrected chi connectivity index (χ3v) is 3.01. The van der Waals surface area contributed by atoms with Gasteiger partial charge in [-0.05, 0) is 6.92 Å². The van der Waals surface area contributed by atoms with Crippen LogP contribution >= 0.6 is 0 Å². The smallest absolute Gasteiger partial charge is 0.336 e. The van der Waals surface area contributed by atoms with Crippen LogP contribution in [0.1, 0.15) is 11.5 Å². The molecule has 2 aromatic rings. The molecule has 0 aliphatic carbocycles. The summed E-state index contributed by atoms with van der Waals surface area (Å²) in [5.41, 5.74) is -1.69. The first kappa shape index (κ1) is 15.5. The van der Waals surface area contributed by atoms with Crippen LogP contribution in [0, 0.1) is 6.92 Å². The normalized spacial score (nSPS) is 10.6. The molecule has 0 fully saturated rings. The molecule has 0 saturated heterocycles. The molecule has 8 nitrogen and oxygen atoms in total. The number of nitrogens with zero attached hydrogens (tertiary/aromatic N) is 4. The van der Waals surface area contributed by atoms with Crippen molar-refractivity contribution >= 4 is 0 Å². The zero-order chi connectivity index (χ0) is 16.3. The lowest BCUT2D eigenvalue weighted by Crippen LogP contribution is -2.54. The predicted octanol–water partition coefficient (Wildman–Crippen LogP) is -0.112. The molecular formula is C14H16N4O4. The van der Waals surface area contributed by atoms with Crippen molar-refractivity contribution < 1.29 is 4.52 Å². The van der Waals surface area contributed by atoms with E-state index in [1.54, 1.807) is 13.0 Å². The molecule has 0 unspecified atom stereocenters. The Bertz CT molecular complexity index is 833. The summed E-state index contributed by atoms with van der Waals surface area (Å²) in [6, 6.07) is 1.62. The first-order valence-electron chi connectivity index (χ1n) is 6.58. The van der Waals surface area contributed by atoms with Crippen molar-refractivity contribution in [2.24, 2.45) is 0 Å². The Morgan fingerprint density at radius 2 is 1.55 bits per heavy atom. The molecule has 0 spiro atoms. The Morgan fingerprint density at radius 3 is 1.95 bits per heavy atom. The fourth-order valence-electron chi connectivity index (χ4n) is 2.04. The van der Waals surface area contributed by atoms with E-state index < -0.39 is 17.1 Å². The van der Waals surface area contributed by atoms with Gasteiger partial charge >= 0.3 is 17.1 Å². The number of hydrogen-bond acceptors (Lipinski definition) is 5. The van der Waals surface area contributed by atoms with Crippen molar-refractivity contribution in [3.63, 3.8) is 0 Å². The monoisotopic (exact) mass is 304 g/mol. The lowest BCUT2D eigenvalue weighted by Gasteiger charge is -2.10. The van der Waals surface area contributed by atoms with Gasteiger partial charge in [0.05, 0.1) is 19.6 Å². The topological polar surface area (TPSA) is 92.0 Å². The van der Waals surface area contributed by atoms with Gasteiger partial charge < -0.3 is 4.52 Å². The molecule has 116 valence electrons. The van der Waals surface area contributed by atoms with Gasteiger partial charge in [-0.25, -0.2) is 28.1 Å². The van der Waals surface area contributed by atoms with E-state index in [1.165, 1.54) is 12.2 Å². The highest BCUT2D eigenvalue weighted by atomic mass is 16.5. The standard InChI is InChI=1S/C14H16N4O4/c1-4-6-16-12(19)17(7-5-2)14(21)18(13(16)20)9-11-8-10(3)22-15-11/h4-5,8H,1-2,6-7,9H2,3H3. The number of aromatic nitrogens is 4. The second kappa shape index (κ2) is 6.25. The van der Waals surface area contributed by atoms with Gasteiger partial charge in [0.15, 0.2) is 0 Å². The second-order valence-electron chi connectivity index (χ2n) is 4.66. The quantitative estimate of drug-likeness (QED) is 0.694. The molecule has 0 aliphatic rings. The van der Waals surface area contributed by atoms with E-state index in [9.17, 15) is 14.4 Å². The molecule has 0 atom stereocenters. The maximum Gasteiger partial charge on any atom is 0.336 e. The summed E-state index contributed by atoms with van der Waals surface area (Å²) in [6.45, 7) is 8.66. The minimum Gasteiger partial charge on any atom is -0.361 e. The van der Waals surface area contributed by atoms with E-state index in [2.05, 4.69) is 18.3 Å². The zero-order valence-electron chi connectivity index (χ0n) is 12.2. The highest BCUT2D eigenvalue weighted by Gasteiger charge is 2.15. The molecule has 2 aromatic heterocycles. The van der Waals surface area contributed by atoms with Crippen molar-refractivity contribution in [1.29, 1.82) is 0 Å². The van der Waals surface area contributed by atoms with E-state index in [0.717, 1.165) is 13.7 Å². The van der Waals surface area contributed by atoms with Crippen molar-refractivity contribution in [3.8, 4) is 0 Å². The molecule has 0 bridgehead atoms. The van der Waals surface area contributed by atoms with Crippen LogP contribution in [0.5, 0.6) is 0 Å². The molecule has 2 heterocycles. The van der Waals surface area contributed by atoms with Crippen LogP contribution in [0.2, 0.25) is 0 Å². The number of allylic oxidation sites excluding steroid dienone is 2. The fraction of sp³-hybridized carbons (Fsp3) is 0.286. The largest absolute Gasteiger partial charge is 0.361 e. The first-order valence-corrected chi connectivity index (χ1v) is 6.58. The summed E-state index contributed by atoms with van der Waals surface area (Å²) in [5.74, 6) is 0.564. The van der Waals surface area contributed by atoms with Crippen LogP contribution in [0.4, 0.5) is 0 Å². The maximum atomic E-state index is 12.3. The molecule has 0 aromatic carbocycles. The summed E-state index contributed by atoms with van der Waals surface area (Å²) in [6.07, 6.45) is 2.83. The van der Waals surface area contributed by atoms with E-state index >= 15 is 0 Å². The van der Waals surface area contributed by atoms with E-state index in [1.807, 2.05) is 0 Å². The predicted molar refractivity (Wildman–Crippen MR) is 80.0 cm³/mol. The zero-order valence-corrected chi connectivity index (χ0v) is 12.2. The third kappa shape index (κ3) is 2.76. The molecule has 22 heavy (non-hydrogen) atoms. The summed E-state index contributed by atoms with van der Waals surface area (Å²) >= 11 is 0. The number of rotatable bonds is 6. The highest BCUT2D eigenvalue weighted by Crippen LogP contribution is 2.01. The first-order chi connectivity index (χ1) is 10.5. The number of hydrogen-bond donors (Lipinski definition) is 0. The van der Waals surface area contributed by atoms with E-state index in [4.69, 9.17) is 4.52 Å². The maximum absolute atomic E-state index is 12.3. The van der Waals surface area contributed by atoms with Crippen LogP contribution in [0.25, 0.3) is 0 Å². The summed E-state index contributed by atoms with van der Waals surface area (Å²) < 4.78 is 7.73.